The Hall–Kier alpha value is -1.74. The fourth-order valence-corrected chi connectivity index (χ4v) is 2.47. The van der Waals surface area contributed by atoms with Gasteiger partial charge in [0.1, 0.15) is 11.6 Å². The third kappa shape index (κ3) is 6.53. The van der Waals surface area contributed by atoms with E-state index < -0.39 is 5.82 Å². The van der Waals surface area contributed by atoms with Crippen molar-refractivity contribution in [3.8, 4) is 0 Å². The summed E-state index contributed by atoms with van der Waals surface area (Å²) in [5, 5.41) is 12.3. The average molecular weight is 475 g/mol. The van der Waals surface area contributed by atoms with Crippen LogP contribution in [0.15, 0.2) is 47.5 Å². The summed E-state index contributed by atoms with van der Waals surface area (Å²) < 4.78 is 26.8. The molecule has 0 atom stereocenters. The number of aliphatic hydroxyl groups excluding tert-OH is 1. The third-order valence-corrected chi connectivity index (χ3v) is 3.70. The second kappa shape index (κ2) is 11.1. The van der Waals surface area contributed by atoms with Crippen molar-refractivity contribution in [1.82, 2.24) is 10.2 Å². The maximum atomic E-state index is 13.4. The molecule has 4 nitrogen and oxygen atoms in total. The van der Waals surface area contributed by atoms with Crippen molar-refractivity contribution in [2.24, 2.45) is 4.99 Å². The lowest BCUT2D eigenvalue weighted by molar-refractivity contribution is 0.275. The number of nitrogens with zero attached hydrogens (tertiary/aromatic N) is 2. The summed E-state index contributed by atoms with van der Waals surface area (Å²) in [6.07, 6.45) is 0. The van der Waals surface area contributed by atoms with E-state index in [-0.39, 0.29) is 42.0 Å². The van der Waals surface area contributed by atoms with Crippen LogP contribution in [0.5, 0.6) is 0 Å². The first-order valence-corrected chi connectivity index (χ1v) is 8.15. The molecule has 2 rings (SSSR count). The lowest BCUT2D eigenvalue weighted by atomic mass is 10.1. The maximum absolute atomic E-state index is 13.4. The van der Waals surface area contributed by atoms with Crippen molar-refractivity contribution < 1.29 is 13.9 Å². The number of nitrogens with one attached hydrogen (secondary N) is 1. The normalized spacial score (nSPS) is 11.0. The maximum Gasteiger partial charge on any atom is 0.194 e. The van der Waals surface area contributed by atoms with Crippen molar-refractivity contribution >= 4 is 29.9 Å². The topological polar surface area (TPSA) is 47.9 Å². The number of halogens is 3. The Morgan fingerprint density at radius 3 is 2.58 bits per heavy atom. The molecule has 0 spiro atoms. The van der Waals surface area contributed by atoms with Gasteiger partial charge in [-0.25, -0.2) is 13.8 Å². The van der Waals surface area contributed by atoms with Crippen LogP contribution in [0.2, 0.25) is 0 Å². The van der Waals surface area contributed by atoms with Crippen LogP contribution in [0, 0.1) is 11.6 Å². The van der Waals surface area contributed by atoms with Crippen LogP contribution in [0.4, 0.5) is 8.78 Å². The van der Waals surface area contributed by atoms with Crippen LogP contribution in [-0.4, -0.2) is 29.6 Å². The Kier molecular flexibility index (Phi) is 9.50. The number of guanidine groups is 1. The minimum Gasteiger partial charge on any atom is -0.392 e. The zero-order chi connectivity index (χ0) is 18.2. The van der Waals surface area contributed by atoms with Crippen molar-refractivity contribution in [3.05, 3.63) is 70.8 Å². The van der Waals surface area contributed by atoms with E-state index in [2.05, 4.69) is 10.3 Å². The minimum atomic E-state index is -0.426. The molecular formula is C19H24F2IN3O. The van der Waals surface area contributed by atoms with E-state index in [1.807, 2.05) is 24.9 Å². The van der Waals surface area contributed by atoms with Gasteiger partial charge in [0.2, 0.25) is 0 Å². The van der Waals surface area contributed by atoms with E-state index in [0.29, 0.717) is 25.6 Å². The third-order valence-electron chi connectivity index (χ3n) is 3.70. The SMILES string of the molecule is CCNC(=NCc1ccc(F)c(CO)c1)N(C)Cc1cccc(F)c1.I. The second-order valence-electron chi connectivity index (χ2n) is 5.74. The van der Waals surface area contributed by atoms with Crippen LogP contribution in [0.1, 0.15) is 23.6 Å². The van der Waals surface area contributed by atoms with Gasteiger partial charge >= 0.3 is 0 Å². The van der Waals surface area contributed by atoms with Crippen molar-refractivity contribution in [1.29, 1.82) is 0 Å². The van der Waals surface area contributed by atoms with E-state index in [4.69, 9.17) is 5.11 Å². The van der Waals surface area contributed by atoms with E-state index in [9.17, 15) is 8.78 Å². The first kappa shape index (κ1) is 22.3. The smallest absolute Gasteiger partial charge is 0.194 e. The highest BCUT2D eigenvalue weighted by Crippen LogP contribution is 2.12. The largest absolute Gasteiger partial charge is 0.392 e. The molecule has 0 aliphatic rings. The molecule has 0 aliphatic carbocycles. The fraction of sp³-hybridized carbons (Fsp3) is 0.316. The molecule has 2 aromatic rings. The molecule has 0 aromatic heterocycles. The zero-order valence-corrected chi connectivity index (χ0v) is 17.2. The number of benzene rings is 2. The summed E-state index contributed by atoms with van der Waals surface area (Å²) in [5.74, 6) is -0.0253. The lowest BCUT2D eigenvalue weighted by Gasteiger charge is -2.22. The Morgan fingerprint density at radius 2 is 1.92 bits per heavy atom. The highest BCUT2D eigenvalue weighted by molar-refractivity contribution is 14.0. The number of rotatable bonds is 6. The Bertz CT molecular complexity index is 740. The van der Waals surface area contributed by atoms with Gasteiger partial charge in [-0.05, 0) is 42.3 Å². The molecule has 0 radical (unpaired) electrons. The Morgan fingerprint density at radius 1 is 1.15 bits per heavy atom. The van der Waals surface area contributed by atoms with Crippen molar-refractivity contribution in [2.75, 3.05) is 13.6 Å². The molecule has 0 fully saturated rings. The summed E-state index contributed by atoms with van der Waals surface area (Å²) in [7, 11) is 1.87. The van der Waals surface area contributed by atoms with E-state index >= 15 is 0 Å². The zero-order valence-electron chi connectivity index (χ0n) is 14.9. The molecular weight excluding hydrogens is 451 g/mol. The standard InChI is InChI=1S/C19H23F2N3O.HI/c1-3-22-19(24(2)12-15-5-4-6-17(20)10-15)23-11-14-7-8-18(21)16(9-14)13-25;/h4-10,25H,3,11-13H2,1-2H3,(H,22,23);1H. The number of aliphatic imine (C=N–C) groups is 1. The van der Waals surface area contributed by atoms with Crippen molar-refractivity contribution in [3.63, 3.8) is 0 Å². The number of aliphatic hydroxyl groups is 1. The Labute approximate surface area is 170 Å². The first-order chi connectivity index (χ1) is 12.0. The highest BCUT2D eigenvalue weighted by Gasteiger charge is 2.08. The van der Waals surface area contributed by atoms with Gasteiger partial charge in [-0.3, -0.25) is 0 Å². The number of hydrogen-bond acceptors (Lipinski definition) is 2. The molecule has 0 aliphatic heterocycles. The fourth-order valence-electron chi connectivity index (χ4n) is 2.47. The van der Waals surface area contributed by atoms with Gasteiger partial charge in [-0.1, -0.05) is 18.2 Å². The van der Waals surface area contributed by atoms with Crippen molar-refractivity contribution in [2.45, 2.75) is 26.6 Å². The molecule has 0 heterocycles. The quantitative estimate of drug-likeness (QED) is 0.381. The van der Waals surface area contributed by atoms with Crippen LogP contribution < -0.4 is 5.32 Å². The van der Waals surface area contributed by atoms with Crippen LogP contribution >= 0.6 is 24.0 Å². The average Bonchev–Trinajstić information content (AvgIpc) is 2.59. The predicted molar refractivity (Wildman–Crippen MR) is 110 cm³/mol. The second-order valence-corrected chi connectivity index (χ2v) is 5.74. The molecule has 0 saturated heterocycles. The molecule has 2 N–H and O–H groups in total. The van der Waals surface area contributed by atoms with E-state index in [1.165, 1.54) is 18.2 Å². The molecule has 0 saturated carbocycles. The summed E-state index contributed by atoms with van der Waals surface area (Å²) in [5.41, 5.74) is 1.91. The molecule has 7 heteroatoms. The summed E-state index contributed by atoms with van der Waals surface area (Å²) in [4.78, 5) is 6.44. The van der Waals surface area contributed by atoms with Crippen LogP contribution in [0.25, 0.3) is 0 Å². The first-order valence-electron chi connectivity index (χ1n) is 8.15. The van der Waals surface area contributed by atoms with Gasteiger partial charge in [0.25, 0.3) is 0 Å². The van der Waals surface area contributed by atoms with E-state index in [1.54, 1.807) is 18.2 Å². The molecule has 2 aromatic carbocycles. The summed E-state index contributed by atoms with van der Waals surface area (Å²) in [6.45, 7) is 3.17. The molecule has 0 amide bonds. The van der Waals surface area contributed by atoms with E-state index in [0.717, 1.165) is 11.1 Å². The molecule has 26 heavy (non-hydrogen) atoms. The predicted octanol–water partition coefficient (Wildman–Crippen LogP) is 3.67. The van der Waals surface area contributed by atoms with Gasteiger partial charge in [-0.15, -0.1) is 24.0 Å². The van der Waals surface area contributed by atoms with Gasteiger partial charge < -0.3 is 15.3 Å². The summed E-state index contributed by atoms with van der Waals surface area (Å²) in [6, 6.07) is 11.0. The van der Waals surface area contributed by atoms with Crippen LogP contribution in [-0.2, 0) is 19.7 Å². The van der Waals surface area contributed by atoms with Crippen LogP contribution in [0.3, 0.4) is 0 Å². The minimum absolute atomic E-state index is 0. The Balaban J connectivity index is 0.00000338. The lowest BCUT2D eigenvalue weighted by Crippen LogP contribution is -2.38. The van der Waals surface area contributed by atoms with Gasteiger partial charge in [0.15, 0.2) is 5.96 Å². The highest BCUT2D eigenvalue weighted by atomic mass is 127. The van der Waals surface area contributed by atoms with Gasteiger partial charge in [0.05, 0.1) is 13.2 Å². The van der Waals surface area contributed by atoms with Gasteiger partial charge in [0, 0.05) is 25.7 Å². The summed E-state index contributed by atoms with van der Waals surface area (Å²) >= 11 is 0. The molecule has 0 unspecified atom stereocenters. The molecule has 0 bridgehead atoms. The molecule has 142 valence electrons. The van der Waals surface area contributed by atoms with Gasteiger partial charge in [-0.2, -0.15) is 0 Å². The number of hydrogen-bond donors (Lipinski definition) is 2. The monoisotopic (exact) mass is 475 g/mol.